The first-order chi connectivity index (χ1) is 11.1. The zero-order chi connectivity index (χ0) is 16.4. The molecule has 0 aromatic heterocycles. The predicted molar refractivity (Wildman–Crippen MR) is 104 cm³/mol. The van der Waals surface area contributed by atoms with Crippen LogP contribution in [0.4, 0.5) is 11.4 Å². The standard InChI is InChI=1S/C19H19IN2O/c1-13(2)10-11-22-17-9-4-3-8-16(17)18(19(22)23)21-15-7-5-6-14(20)12-15/h3-9,12-13H,10-11H2,1-2H3. The number of carbonyl (C=O) groups excluding carboxylic acids is 1. The third kappa shape index (κ3) is 3.47. The van der Waals surface area contributed by atoms with E-state index in [0.29, 0.717) is 11.6 Å². The minimum Gasteiger partial charge on any atom is -0.306 e. The molecule has 23 heavy (non-hydrogen) atoms. The number of benzene rings is 2. The minimum absolute atomic E-state index is 0.00529. The molecule has 3 rings (SSSR count). The number of hydrogen-bond donors (Lipinski definition) is 0. The Morgan fingerprint density at radius 3 is 2.65 bits per heavy atom. The van der Waals surface area contributed by atoms with Crippen LogP contribution in [0.3, 0.4) is 0 Å². The summed E-state index contributed by atoms with van der Waals surface area (Å²) in [5.41, 5.74) is 3.27. The second-order valence-electron chi connectivity index (χ2n) is 6.10. The van der Waals surface area contributed by atoms with E-state index in [0.717, 1.165) is 33.5 Å². The van der Waals surface area contributed by atoms with Gasteiger partial charge in [0.05, 0.1) is 11.4 Å². The van der Waals surface area contributed by atoms with Gasteiger partial charge in [0, 0.05) is 15.7 Å². The number of fused-ring (bicyclic) bond motifs is 1. The van der Waals surface area contributed by atoms with Gasteiger partial charge in [-0.05, 0) is 59.2 Å². The van der Waals surface area contributed by atoms with Crippen LogP contribution in [0, 0.1) is 9.49 Å². The van der Waals surface area contributed by atoms with E-state index in [4.69, 9.17) is 0 Å². The Balaban J connectivity index is 2.00. The molecule has 0 fully saturated rings. The third-order valence-electron chi connectivity index (χ3n) is 3.88. The lowest BCUT2D eigenvalue weighted by atomic mass is 10.1. The molecule has 0 radical (unpaired) electrons. The number of aliphatic imine (C=N–C) groups is 1. The summed E-state index contributed by atoms with van der Waals surface area (Å²) < 4.78 is 1.11. The molecule has 1 aliphatic rings. The van der Waals surface area contributed by atoms with Gasteiger partial charge in [0.1, 0.15) is 5.71 Å². The zero-order valence-corrected chi connectivity index (χ0v) is 15.4. The summed E-state index contributed by atoms with van der Waals surface area (Å²) in [6.07, 6.45) is 0.983. The summed E-state index contributed by atoms with van der Waals surface area (Å²) in [5.74, 6) is 0.567. The average Bonchev–Trinajstić information content (AvgIpc) is 2.78. The summed E-state index contributed by atoms with van der Waals surface area (Å²) in [7, 11) is 0. The van der Waals surface area contributed by atoms with Crippen molar-refractivity contribution in [1.82, 2.24) is 0 Å². The van der Waals surface area contributed by atoms with Crippen molar-refractivity contribution in [2.24, 2.45) is 10.9 Å². The van der Waals surface area contributed by atoms with E-state index in [1.807, 2.05) is 53.4 Å². The van der Waals surface area contributed by atoms with Crippen molar-refractivity contribution in [1.29, 1.82) is 0 Å². The lowest BCUT2D eigenvalue weighted by Crippen LogP contribution is -2.31. The Labute approximate surface area is 150 Å². The van der Waals surface area contributed by atoms with E-state index in [9.17, 15) is 4.79 Å². The Morgan fingerprint density at radius 2 is 1.91 bits per heavy atom. The molecule has 2 aromatic rings. The lowest BCUT2D eigenvalue weighted by molar-refractivity contribution is -0.112. The number of amides is 1. The van der Waals surface area contributed by atoms with Gasteiger partial charge in [-0.1, -0.05) is 38.1 Å². The first-order valence-corrected chi connectivity index (χ1v) is 8.89. The highest BCUT2D eigenvalue weighted by atomic mass is 127. The number of carbonyl (C=O) groups is 1. The van der Waals surface area contributed by atoms with Crippen LogP contribution < -0.4 is 4.90 Å². The monoisotopic (exact) mass is 418 g/mol. The highest BCUT2D eigenvalue weighted by Gasteiger charge is 2.33. The van der Waals surface area contributed by atoms with Gasteiger partial charge in [-0.3, -0.25) is 4.79 Å². The van der Waals surface area contributed by atoms with Gasteiger partial charge >= 0.3 is 0 Å². The van der Waals surface area contributed by atoms with Crippen LogP contribution in [-0.4, -0.2) is 18.2 Å². The molecule has 0 atom stereocenters. The highest BCUT2D eigenvalue weighted by molar-refractivity contribution is 14.1. The SMILES string of the molecule is CC(C)CCN1C(=O)C(=Nc2cccc(I)c2)c2ccccc21. The van der Waals surface area contributed by atoms with Crippen LogP contribution in [0.2, 0.25) is 0 Å². The molecular formula is C19H19IN2O. The summed E-state index contributed by atoms with van der Waals surface area (Å²) in [6, 6.07) is 15.8. The van der Waals surface area contributed by atoms with Crippen molar-refractivity contribution >= 4 is 45.6 Å². The molecule has 0 N–H and O–H groups in total. The van der Waals surface area contributed by atoms with E-state index in [-0.39, 0.29) is 5.91 Å². The van der Waals surface area contributed by atoms with E-state index < -0.39 is 0 Å². The molecule has 0 spiro atoms. The molecular weight excluding hydrogens is 399 g/mol. The topological polar surface area (TPSA) is 32.7 Å². The van der Waals surface area contributed by atoms with Gasteiger partial charge in [0.15, 0.2) is 0 Å². The molecule has 118 valence electrons. The number of para-hydroxylation sites is 1. The van der Waals surface area contributed by atoms with Crippen molar-refractivity contribution in [2.45, 2.75) is 20.3 Å². The Bertz CT molecular complexity index is 767. The van der Waals surface area contributed by atoms with Crippen molar-refractivity contribution < 1.29 is 4.79 Å². The molecule has 0 aliphatic carbocycles. The zero-order valence-electron chi connectivity index (χ0n) is 13.3. The maximum absolute atomic E-state index is 12.9. The number of nitrogens with zero attached hydrogens (tertiary/aromatic N) is 2. The second kappa shape index (κ2) is 6.83. The molecule has 0 saturated carbocycles. The van der Waals surface area contributed by atoms with Gasteiger partial charge < -0.3 is 4.90 Å². The van der Waals surface area contributed by atoms with E-state index in [2.05, 4.69) is 41.4 Å². The van der Waals surface area contributed by atoms with Crippen LogP contribution in [0.1, 0.15) is 25.8 Å². The van der Waals surface area contributed by atoms with Gasteiger partial charge in [-0.15, -0.1) is 0 Å². The van der Waals surface area contributed by atoms with Crippen LogP contribution in [0.25, 0.3) is 0 Å². The molecule has 1 heterocycles. The smallest absolute Gasteiger partial charge is 0.277 e. The van der Waals surface area contributed by atoms with Crippen molar-refractivity contribution in [3.63, 3.8) is 0 Å². The number of anilines is 1. The van der Waals surface area contributed by atoms with Crippen molar-refractivity contribution in [3.05, 3.63) is 57.7 Å². The van der Waals surface area contributed by atoms with Crippen LogP contribution >= 0.6 is 22.6 Å². The van der Waals surface area contributed by atoms with Gasteiger partial charge in [-0.2, -0.15) is 0 Å². The normalized spacial score (nSPS) is 15.6. The third-order valence-corrected chi connectivity index (χ3v) is 4.55. The highest BCUT2D eigenvalue weighted by Crippen LogP contribution is 2.31. The maximum atomic E-state index is 12.9. The molecule has 1 aliphatic heterocycles. The second-order valence-corrected chi connectivity index (χ2v) is 7.34. The van der Waals surface area contributed by atoms with E-state index >= 15 is 0 Å². The van der Waals surface area contributed by atoms with Gasteiger partial charge in [0.2, 0.25) is 0 Å². The summed E-state index contributed by atoms with van der Waals surface area (Å²) in [5, 5.41) is 0. The Morgan fingerprint density at radius 1 is 1.13 bits per heavy atom. The fourth-order valence-electron chi connectivity index (χ4n) is 2.65. The molecule has 2 aromatic carbocycles. The number of hydrogen-bond acceptors (Lipinski definition) is 2. The number of halogens is 1. The molecule has 3 nitrogen and oxygen atoms in total. The average molecular weight is 418 g/mol. The van der Waals surface area contributed by atoms with E-state index in [1.165, 1.54) is 0 Å². The maximum Gasteiger partial charge on any atom is 0.277 e. The molecule has 0 saturated heterocycles. The van der Waals surface area contributed by atoms with Crippen LogP contribution in [-0.2, 0) is 4.79 Å². The summed E-state index contributed by atoms with van der Waals surface area (Å²) in [4.78, 5) is 19.4. The minimum atomic E-state index is 0.00529. The lowest BCUT2D eigenvalue weighted by Gasteiger charge is -2.17. The van der Waals surface area contributed by atoms with Crippen molar-refractivity contribution in [3.8, 4) is 0 Å². The quantitative estimate of drug-likeness (QED) is 0.657. The first-order valence-electron chi connectivity index (χ1n) is 7.82. The van der Waals surface area contributed by atoms with E-state index in [1.54, 1.807) is 0 Å². The van der Waals surface area contributed by atoms with Gasteiger partial charge in [0.25, 0.3) is 5.91 Å². The Hall–Kier alpha value is -1.69. The fourth-order valence-corrected chi connectivity index (χ4v) is 3.18. The molecule has 0 unspecified atom stereocenters. The van der Waals surface area contributed by atoms with Crippen LogP contribution in [0.15, 0.2) is 53.5 Å². The van der Waals surface area contributed by atoms with Crippen molar-refractivity contribution in [2.75, 3.05) is 11.4 Å². The Kier molecular flexibility index (Phi) is 4.80. The fraction of sp³-hybridized carbons (Fsp3) is 0.263. The van der Waals surface area contributed by atoms with Gasteiger partial charge in [-0.25, -0.2) is 4.99 Å². The number of rotatable bonds is 4. The summed E-state index contributed by atoms with van der Waals surface area (Å²) >= 11 is 2.26. The van der Waals surface area contributed by atoms with Crippen LogP contribution in [0.5, 0.6) is 0 Å². The summed E-state index contributed by atoms with van der Waals surface area (Å²) in [6.45, 7) is 5.08. The predicted octanol–water partition coefficient (Wildman–Crippen LogP) is 4.80. The molecule has 4 heteroatoms. The molecule has 1 amide bonds. The largest absolute Gasteiger partial charge is 0.306 e. The molecule has 0 bridgehead atoms. The first kappa shape index (κ1) is 16.2.